The van der Waals surface area contributed by atoms with E-state index in [0.717, 1.165) is 16.5 Å². The number of hydrogen-bond donors (Lipinski definition) is 1. The van der Waals surface area contributed by atoms with Crippen LogP contribution in [-0.4, -0.2) is 29.2 Å². The Hall–Kier alpha value is -3.41. The van der Waals surface area contributed by atoms with Crippen LogP contribution >= 0.6 is 0 Å². The van der Waals surface area contributed by atoms with E-state index in [2.05, 4.69) is 34.2 Å². The number of hydrogen-bond acceptors (Lipinski definition) is 5. The summed E-state index contributed by atoms with van der Waals surface area (Å²) in [6.45, 7) is 0. The lowest BCUT2D eigenvalue weighted by Gasteiger charge is -2.10. The average Bonchev–Trinajstić information content (AvgIpc) is 3.57. The number of aromatic nitrogens is 3. The molecule has 0 spiro atoms. The molecule has 2 aromatic heterocycles. The average molecular weight is 387 g/mol. The Kier molecular flexibility index (Phi) is 4.19. The number of benzene rings is 2. The van der Waals surface area contributed by atoms with Crippen molar-refractivity contribution in [3.05, 3.63) is 69.9 Å². The normalized spacial score (nSPS) is 13.7. The van der Waals surface area contributed by atoms with Crippen LogP contribution in [0.3, 0.4) is 0 Å². The second-order valence-electron chi connectivity index (χ2n) is 7.45. The molecule has 2 heterocycles. The molecule has 1 aliphatic rings. The van der Waals surface area contributed by atoms with Gasteiger partial charge in [0.15, 0.2) is 11.5 Å². The summed E-state index contributed by atoms with van der Waals surface area (Å²) < 4.78 is 10.6. The number of para-hydroxylation sites is 1. The monoisotopic (exact) mass is 387 g/mol. The highest BCUT2D eigenvalue weighted by Gasteiger charge is 2.25. The largest absolute Gasteiger partial charge is 0.493 e. The van der Waals surface area contributed by atoms with Gasteiger partial charge in [0.1, 0.15) is 5.82 Å². The minimum absolute atomic E-state index is 0.198. The lowest BCUT2D eigenvalue weighted by molar-refractivity contribution is 0.355. The lowest BCUT2D eigenvalue weighted by atomic mass is 10.0. The number of rotatable bonds is 5. The quantitative estimate of drug-likeness (QED) is 0.561. The van der Waals surface area contributed by atoms with Gasteiger partial charge in [0, 0.05) is 24.1 Å². The minimum atomic E-state index is -0.198. The third-order valence-corrected chi connectivity index (χ3v) is 5.45. The highest BCUT2D eigenvalue weighted by Crippen LogP contribution is 2.42. The predicted molar refractivity (Wildman–Crippen MR) is 112 cm³/mol. The van der Waals surface area contributed by atoms with E-state index in [4.69, 9.17) is 14.5 Å². The highest BCUT2D eigenvalue weighted by atomic mass is 16.5. The molecule has 146 valence electrons. The van der Waals surface area contributed by atoms with E-state index < -0.39 is 0 Å². The number of pyridine rings is 1. The third kappa shape index (κ3) is 3.20. The van der Waals surface area contributed by atoms with Crippen LogP contribution in [0.2, 0.25) is 0 Å². The van der Waals surface area contributed by atoms with Crippen molar-refractivity contribution < 1.29 is 9.47 Å². The van der Waals surface area contributed by atoms with E-state index in [0.29, 0.717) is 40.6 Å². The molecule has 1 aliphatic carbocycles. The van der Waals surface area contributed by atoms with Crippen molar-refractivity contribution in [2.45, 2.75) is 25.2 Å². The molecule has 0 radical (unpaired) electrons. The molecular weight excluding hydrogens is 366 g/mol. The van der Waals surface area contributed by atoms with E-state index in [9.17, 15) is 4.79 Å². The van der Waals surface area contributed by atoms with Gasteiger partial charge in [-0.1, -0.05) is 18.2 Å². The summed E-state index contributed by atoms with van der Waals surface area (Å²) in [5, 5.41) is 1.60. The first-order valence-electron chi connectivity index (χ1n) is 9.68. The highest BCUT2D eigenvalue weighted by molar-refractivity contribution is 5.83. The maximum Gasteiger partial charge on any atom is 0.258 e. The minimum Gasteiger partial charge on any atom is -0.493 e. The zero-order valence-corrected chi connectivity index (χ0v) is 16.4. The van der Waals surface area contributed by atoms with Crippen molar-refractivity contribution in [1.29, 1.82) is 0 Å². The maximum atomic E-state index is 12.6. The molecule has 6 nitrogen and oxygen atoms in total. The molecule has 0 bridgehead atoms. The van der Waals surface area contributed by atoms with Crippen molar-refractivity contribution in [2.24, 2.45) is 0 Å². The van der Waals surface area contributed by atoms with Crippen LogP contribution in [0.1, 0.15) is 35.7 Å². The van der Waals surface area contributed by atoms with Crippen molar-refractivity contribution in [2.75, 3.05) is 14.2 Å². The van der Waals surface area contributed by atoms with Crippen LogP contribution in [0.4, 0.5) is 0 Å². The van der Waals surface area contributed by atoms with E-state index in [-0.39, 0.29) is 5.56 Å². The molecule has 29 heavy (non-hydrogen) atoms. The molecule has 5 rings (SSSR count). The number of H-pyrrole nitrogens is 1. The zero-order valence-electron chi connectivity index (χ0n) is 16.4. The van der Waals surface area contributed by atoms with Gasteiger partial charge in [-0.3, -0.25) is 9.78 Å². The molecule has 0 atom stereocenters. The Bertz CT molecular complexity index is 1290. The molecular formula is C23H21N3O3. The second-order valence-corrected chi connectivity index (χ2v) is 7.45. The van der Waals surface area contributed by atoms with Crippen LogP contribution < -0.4 is 15.0 Å². The van der Waals surface area contributed by atoms with Crippen molar-refractivity contribution in [3.63, 3.8) is 0 Å². The molecule has 1 saturated carbocycles. The first-order valence-corrected chi connectivity index (χ1v) is 9.68. The van der Waals surface area contributed by atoms with Crippen molar-refractivity contribution >= 4 is 21.8 Å². The molecule has 1 N–H and O–H groups in total. The Balaban J connectivity index is 1.53. The summed E-state index contributed by atoms with van der Waals surface area (Å²) in [6, 6.07) is 11.9. The van der Waals surface area contributed by atoms with E-state index in [1.807, 2.05) is 6.20 Å². The van der Waals surface area contributed by atoms with Crippen LogP contribution in [0.5, 0.6) is 11.5 Å². The molecule has 1 fully saturated rings. The van der Waals surface area contributed by atoms with Crippen LogP contribution in [0.25, 0.3) is 21.8 Å². The van der Waals surface area contributed by atoms with Gasteiger partial charge in [-0.25, -0.2) is 4.98 Å². The van der Waals surface area contributed by atoms with Gasteiger partial charge in [0.25, 0.3) is 5.56 Å². The van der Waals surface area contributed by atoms with Crippen molar-refractivity contribution in [3.8, 4) is 11.5 Å². The van der Waals surface area contributed by atoms with Crippen molar-refractivity contribution in [1.82, 2.24) is 15.0 Å². The maximum absolute atomic E-state index is 12.6. The van der Waals surface area contributed by atoms with Crippen LogP contribution in [0, 0.1) is 0 Å². The van der Waals surface area contributed by atoms with Crippen LogP contribution in [-0.2, 0) is 6.42 Å². The second kappa shape index (κ2) is 6.88. The number of nitrogens with one attached hydrogen (secondary N) is 1. The summed E-state index contributed by atoms with van der Waals surface area (Å²) in [5.41, 5.74) is 3.80. The predicted octanol–water partition coefficient (Wildman–Crippen LogP) is 3.96. The number of methoxy groups -OCH3 is 2. The molecule has 4 aromatic rings. The molecule has 2 aromatic carbocycles. The lowest BCUT2D eigenvalue weighted by Crippen LogP contribution is -2.12. The zero-order chi connectivity index (χ0) is 20.0. The topological polar surface area (TPSA) is 77.1 Å². The summed E-state index contributed by atoms with van der Waals surface area (Å²) in [7, 11) is 3.11. The van der Waals surface area contributed by atoms with Gasteiger partial charge < -0.3 is 14.5 Å². The van der Waals surface area contributed by atoms with Gasteiger partial charge in [-0.2, -0.15) is 0 Å². The Morgan fingerprint density at radius 1 is 1.10 bits per heavy atom. The first kappa shape index (κ1) is 17.7. The Morgan fingerprint density at radius 3 is 2.66 bits per heavy atom. The molecule has 0 unspecified atom stereocenters. The summed E-state index contributed by atoms with van der Waals surface area (Å²) in [6.07, 6.45) is 4.88. The molecule has 6 heteroatoms. The fraction of sp³-hybridized carbons (Fsp3) is 0.261. The van der Waals surface area contributed by atoms with Gasteiger partial charge in [-0.15, -0.1) is 0 Å². The van der Waals surface area contributed by atoms with Gasteiger partial charge >= 0.3 is 0 Å². The molecule has 0 amide bonds. The smallest absolute Gasteiger partial charge is 0.258 e. The van der Waals surface area contributed by atoms with Gasteiger partial charge in [0.05, 0.1) is 30.6 Å². The first-order chi connectivity index (χ1) is 14.2. The number of nitrogens with zero attached hydrogens (tertiary/aromatic N) is 2. The summed E-state index contributed by atoms with van der Waals surface area (Å²) >= 11 is 0. The molecule has 0 aliphatic heterocycles. The number of aromatic amines is 1. The van der Waals surface area contributed by atoms with E-state index in [1.165, 1.54) is 18.4 Å². The Morgan fingerprint density at radius 2 is 1.90 bits per heavy atom. The molecule has 0 saturated heterocycles. The van der Waals surface area contributed by atoms with Crippen LogP contribution in [0.15, 0.2) is 47.4 Å². The summed E-state index contributed by atoms with van der Waals surface area (Å²) in [5.74, 6) is 2.30. The van der Waals surface area contributed by atoms with E-state index in [1.54, 1.807) is 26.4 Å². The third-order valence-electron chi connectivity index (χ3n) is 5.45. The fourth-order valence-corrected chi connectivity index (χ4v) is 3.84. The summed E-state index contributed by atoms with van der Waals surface area (Å²) in [4.78, 5) is 24.8. The van der Waals surface area contributed by atoms with Gasteiger partial charge in [-0.05, 0) is 42.0 Å². The number of fused-ring (bicyclic) bond motifs is 2. The standard InChI is InChI=1S/C23H21N3O3/c1-28-19-10-17-18(11-20(19)29-2)25-21(26-23(17)27)9-13-8-15-4-3-5-16(14-6-7-14)22(15)24-12-13/h3-5,8,10-12,14H,6-7,9H2,1-2H3,(H,25,26,27). The number of ether oxygens (including phenoxy) is 2. The van der Waals surface area contributed by atoms with Gasteiger partial charge in [0.2, 0.25) is 0 Å². The Labute approximate surface area is 167 Å². The SMILES string of the molecule is COc1cc2nc(Cc3cnc4c(C5CC5)cccc4c3)[nH]c(=O)c2cc1OC. The fourth-order valence-electron chi connectivity index (χ4n) is 3.84. The van der Waals surface area contributed by atoms with E-state index >= 15 is 0 Å².